The molecule has 94 heavy (non-hydrogen) atoms. The van der Waals surface area contributed by atoms with Crippen molar-refractivity contribution in [3.63, 3.8) is 0 Å². The Balaban J connectivity index is 2.15. The summed E-state index contributed by atoms with van der Waals surface area (Å²) in [6, 6.07) is -0.839. The predicted molar refractivity (Wildman–Crippen MR) is 405 cm³/mol. The van der Waals surface area contributed by atoms with Gasteiger partial charge < -0.3 is 40.3 Å². The minimum absolute atomic E-state index is 0.198. The van der Waals surface area contributed by atoms with Gasteiger partial charge in [0.2, 0.25) is 5.91 Å². The SMILES string of the molecule is CC/C=C\C/C=C\C/C=C\C/C=C\C/C=C\C/C=C\C/C=C\C/C=C\C/C=C\C/C=C\CCCCCCCCCCC(=O)NC(COC1OC(CO)C(O)C(O)C1O)C(O)/C=C/CC/C=C/CCCCCCCCCCCCCCCCCCCCCCCCCCCC. The lowest BCUT2D eigenvalue weighted by atomic mass is 9.99. The van der Waals surface area contributed by atoms with Crippen molar-refractivity contribution >= 4 is 5.91 Å². The fraction of sp³-hybridized carbons (Fsp3) is 0.706. The van der Waals surface area contributed by atoms with Crippen LogP contribution in [0.5, 0.6) is 0 Å². The van der Waals surface area contributed by atoms with Crippen molar-refractivity contribution in [1.29, 1.82) is 0 Å². The lowest BCUT2D eigenvalue weighted by Crippen LogP contribution is -2.60. The topological polar surface area (TPSA) is 149 Å². The molecular weight excluding hydrogens is 1160 g/mol. The average molecular weight is 1310 g/mol. The number of hydrogen-bond acceptors (Lipinski definition) is 8. The van der Waals surface area contributed by atoms with Gasteiger partial charge in [0, 0.05) is 6.42 Å². The van der Waals surface area contributed by atoms with Crippen molar-refractivity contribution in [3.05, 3.63) is 146 Å². The summed E-state index contributed by atoms with van der Waals surface area (Å²) in [6.07, 6.45) is 104. The summed E-state index contributed by atoms with van der Waals surface area (Å²) in [6.45, 7) is 3.67. The number of aliphatic hydroxyl groups is 5. The molecule has 9 heteroatoms. The molecule has 6 N–H and O–H groups in total. The highest BCUT2D eigenvalue weighted by Crippen LogP contribution is 2.23. The fourth-order valence-corrected chi connectivity index (χ4v) is 11.6. The first-order valence-electron chi connectivity index (χ1n) is 39.1. The monoisotopic (exact) mass is 1310 g/mol. The van der Waals surface area contributed by atoms with E-state index in [1.54, 1.807) is 6.08 Å². The Hall–Kier alpha value is -3.93. The maximum atomic E-state index is 13.2. The Labute approximate surface area is 578 Å². The van der Waals surface area contributed by atoms with Crippen LogP contribution in [0.3, 0.4) is 0 Å². The van der Waals surface area contributed by atoms with E-state index in [2.05, 4.69) is 153 Å². The molecule has 7 unspecified atom stereocenters. The van der Waals surface area contributed by atoms with Crippen molar-refractivity contribution < 1.29 is 39.8 Å². The first-order chi connectivity index (χ1) is 46.3. The van der Waals surface area contributed by atoms with Crippen LogP contribution in [0.1, 0.15) is 328 Å². The summed E-state index contributed by atoms with van der Waals surface area (Å²) in [7, 11) is 0. The number of nitrogens with one attached hydrogen (secondary N) is 1. The quantitative estimate of drug-likeness (QED) is 0.0261. The lowest BCUT2D eigenvalue weighted by molar-refractivity contribution is -0.302. The molecule has 1 aliphatic heterocycles. The highest BCUT2D eigenvalue weighted by Gasteiger charge is 2.44. The Kier molecular flexibility index (Phi) is 67.3. The maximum Gasteiger partial charge on any atom is 0.220 e. The number of carbonyl (C=O) groups excluding carboxylic acids is 1. The van der Waals surface area contributed by atoms with E-state index in [9.17, 15) is 30.3 Å². The van der Waals surface area contributed by atoms with Crippen molar-refractivity contribution in [3.8, 4) is 0 Å². The number of ether oxygens (including phenoxy) is 2. The summed E-state index contributed by atoms with van der Waals surface area (Å²) >= 11 is 0. The third-order valence-corrected chi connectivity index (χ3v) is 17.6. The predicted octanol–water partition coefficient (Wildman–Crippen LogP) is 22.5. The standard InChI is InChI=1S/C85H145NO8/c1-3-5-7-9-11-13-15-17-19-21-23-25-27-29-31-33-35-37-38-39-40-41-42-43-45-47-49-51-53-55-57-59-61-63-65-67-69-71-73-75-81(89)86-78(77-93-85-84(92)83(91)82(90)80(76-87)94-85)79(88)74-72-70-68-66-64-62-60-58-56-54-52-50-48-46-44-36-34-32-30-28-26-24-22-20-18-16-14-12-10-8-6-4-2/h5,7,11,13,17,19,23,25,29,31,35,37,39-40,42-43,47,49,53,55,64,66,72,74,78-80,82-85,87-88,90-92H,3-4,6,8-10,12,14-16,18,20-22,24,26-28,30,32-34,36,38,41,44-46,48,50-52,54,56-63,65,67-71,73,75-77H2,1-2H3,(H,86,89)/b7-5-,13-11-,19-17-,25-23-,31-29-,37-35-,40-39-,43-42-,49-47-,55-53-,66-64+,74-72+. The van der Waals surface area contributed by atoms with E-state index in [4.69, 9.17) is 9.47 Å². The van der Waals surface area contributed by atoms with Gasteiger partial charge in [-0.1, -0.05) is 359 Å². The van der Waals surface area contributed by atoms with Crippen molar-refractivity contribution in [2.24, 2.45) is 0 Å². The van der Waals surface area contributed by atoms with Crippen LogP contribution in [-0.2, 0) is 14.3 Å². The summed E-state index contributed by atoms with van der Waals surface area (Å²) in [5.74, 6) is -0.198. The van der Waals surface area contributed by atoms with E-state index in [1.165, 1.54) is 193 Å². The van der Waals surface area contributed by atoms with Crippen LogP contribution in [0, 0.1) is 0 Å². The Morgan fingerprint density at radius 3 is 1.02 bits per heavy atom. The van der Waals surface area contributed by atoms with E-state index in [0.717, 1.165) is 116 Å². The highest BCUT2D eigenvalue weighted by atomic mass is 16.7. The molecule has 1 amide bonds. The van der Waals surface area contributed by atoms with Gasteiger partial charge in [-0.25, -0.2) is 0 Å². The molecule has 0 bridgehead atoms. The molecule has 0 aliphatic carbocycles. The zero-order valence-corrected chi connectivity index (χ0v) is 60.4. The molecule has 9 nitrogen and oxygen atoms in total. The highest BCUT2D eigenvalue weighted by molar-refractivity contribution is 5.76. The third-order valence-electron chi connectivity index (χ3n) is 17.6. The lowest BCUT2D eigenvalue weighted by Gasteiger charge is -2.40. The molecule has 1 heterocycles. The van der Waals surface area contributed by atoms with Gasteiger partial charge in [-0.3, -0.25) is 4.79 Å². The molecule has 1 saturated heterocycles. The van der Waals surface area contributed by atoms with E-state index in [1.807, 2.05) is 6.08 Å². The van der Waals surface area contributed by atoms with E-state index in [0.29, 0.717) is 6.42 Å². The van der Waals surface area contributed by atoms with Crippen LogP contribution in [0.2, 0.25) is 0 Å². The minimum atomic E-state index is -1.58. The van der Waals surface area contributed by atoms with Crippen LogP contribution in [0.25, 0.3) is 0 Å². The molecule has 1 rings (SSSR count). The zero-order valence-electron chi connectivity index (χ0n) is 60.4. The number of hydrogen-bond donors (Lipinski definition) is 6. The molecule has 1 aliphatic rings. The zero-order chi connectivity index (χ0) is 67.8. The molecular formula is C85H145NO8. The van der Waals surface area contributed by atoms with E-state index in [-0.39, 0.29) is 12.5 Å². The number of carbonyl (C=O) groups is 1. The minimum Gasteiger partial charge on any atom is -0.394 e. The fourth-order valence-electron chi connectivity index (χ4n) is 11.6. The van der Waals surface area contributed by atoms with E-state index >= 15 is 0 Å². The van der Waals surface area contributed by atoms with Crippen LogP contribution < -0.4 is 5.32 Å². The molecule has 0 aromatic heterocycles. The molecule has 0 aromatic rings. The number of aliphatic hydroxyl groups excluding tert-OH is 5. The van der Waals surface area contributed by atoms with Gasteiger partial charge in [0.05, 0.1) is 25.4 Å². The number of amides is 1. The van der Waals surface area contributed by atoms with Gasteiger partial charge in [-0.15, -0.1) is 0 Å². The molecule has 0 saturated carbocycles. The molecule has 0 spiro atoms. The van der Waals surface area contributed by atoms with Crippen molar-refractivity contribution in [2.45, 2.75) is 371 Å². The Morgan fingerprint density at radius 2 is 0.670 bits per heavy atom. The molecule has 538 valence electrons. The van der Waals surface area contributed by atoms with Gasteiger partial charge in [0.1, 0.15) is 24.4 Å². The van der Waals surface area contributed by atoms with Crippen LogP contribution >= 0.6 is 0 Å². The summed E-state index contributed by atoms with van der Waals surface area (Å²) in [5.41, 5.74) is 0. The smallest absolute Gasteiger partial charge is 0.220 e. The normalized spacial score (nSPS) is 18.4. The van der Waals surface area contributed by atoms with Gasteiger partial charge in [-0.2, -0.15) is 0 Å². The summed E-state index contributed by atoms with van der Waals surface area (Å²) < 4.78 is 11.3. The number of rotatable bonds is 67. The molecule has 7 atom stereocenters. The van der Waals surface area contributed by atoms with Gasteiger partial charge in [0.15, 0.2) is 6.29 Å². The maximum absolute atomic E-state index is 13.2. The van der Waals surface area contributed by atoms with Crippen LogP contribution in [-0.4, -0.2) is 87.5 Å². The number of allylic oxidation sites excluding steroid dienone is 23. The first-order valence-corrected chi connectivity index (χ1v) is 39.1. The number of unbranched alkanes of at least 4 members (excludes halogenated alkanes) is 35. The largest absolute Gasteiger partial charge is 0.394 e. The first kappa shape index (κ1) is 88.1. The second-order valence-electron chi connectivity index (χ2n) is 26.4. The molecule has 0 radical (unpaired) electrons. The summed E-state index contributed by atoms with van der Waals surface area (Å²) in [5, 5.41) is 54.9. The molecule has 1 fully saturated rings. The average Bonchev–Trinajstić information content (AvgIpc) is 0.829. The molecule has 0 aromatic carbocycles. The van der Waals surface area contributed by atoms with Crippen LogP contribution in [0.4, 0.5) is 0 Å². The second-order valence-corrected chi connectivity index (χ2v) is 26.4. The Bertz CT molecular complexity index is 2010. The van der Waals surface area contributed by atoms with Crippen LogP contribution in [0.15, 0.2) is 146 Å². The van der Waals surface area contributed by atoms with Gasteiger partial charge in [0.25, 0.3) is 0 Å². The second kappa shape index (κ2) is 71.8. The van der Waals surface area contributed by atoms with Crippen molar-refractivity contribution in [1.82, 2.24) is 5.32 Å². The van der Waals surface area contributed by atoms with Crippen molar-refractivity contribution in [2.75, 3.05) is 13.2 Å². The summed E-state index contributed by atoms with van der Waals surface area (Å²) in [4.78, 5) is 13.2. The third kappa shape index (κ3) is 59.3. The van der Waals surface area contributed by atoms with Gasteiger partial charge in [-0.05, 0) is 109 Å². The van der Waals surface area contributed by atoms with Gasteiger partial charge >= 0.3 is 0 Å². The van der Waals surface area contributed by atoms with E-state index < -0.39 is 49.5 Å². The Morgan fingerprint density at radius 1 is 0.372 bits per heavy atom.